The molecule has 0 aliphatic rings. The number of hydrogen-bond acceptors (Lipinski definition) is 5. The quantitative estimate of drug-likeness (QED) is 0.788. The molecule has 0 bridgehead atoms. The van der Waals surface area contributed by atoms with Gasteiger partial charge in [0.1, 0.15) is 12.4 Å². The van der Waals surface area contributed by atoms with Gasteiger partial charge in [-0.1, -0.05) is 17.7 Å². The molecule has 0 fully saturated rings. The van der Waals surface area contributed by atoms with E-state index in [4.69, 9.17) is 26.8 Å². The van der Waals surface area contributed by atoms with Crippen LogP contribution in [0.5, 0.6) is 5.75 Å². The molecule has 0 saturated carbocycles. The average molecular weight is 335 g/mol. The maximum atomic E-state index is 11.5. The van der Waals surface area contributed by atoms with Gasteiger partial charge in [-0.2, -0.15) is 0 Å². The van der Waals surface area contributed by atoms with Crippen molar-refractivity contribution < 1.29 is 14.3 Å². The van der Waals surface area contributed by atoms with E-state index in [1.807, 2.05) is 24.3 Å². The number of pyridine rings is 1. The van der Waals surface area contributed by atoms with E-state index in [1.54, 1.807) is 18.5 Å². The fraction of sp³-hybridized carbons (Fsp3) is 0.294. The van der Waals surface area contributed by atoms with Crippen LogP contribution in [-0.2, 0) is 16.1 Å². The van der Waals surface area contributed by atoms with Crippen LogP contribution in [0.3, 0.4) is 0 Å². The third-order valence-electron chi connectivity index (χ3n) is 3.50. The molecule has 2 N–H and O–H groups in total. The van der Waals surface area contributed by atoms with Crippen molar-refractivity contribution in [1.82, 2.24) is 4.98 Å². The van der Waals surface area contributed by atoms with Crippen LogP contribution >= 0.6 is 11.6 Å². The fourth-order valence-electron chi connectivity index (χ4n) is 2.15. The highest BCUT2D eigenvalue weighted by Gasteiger charge is 2.16. The van der Waals surface area contributed by atoms with E-state index < -0.39 is 0 Å². The lowest BCUT2D eigenvalue weighted by Crippen LogP contribution is -2.17. The van der Waals surface area contributed by atoms with Crippen molar-refractivity contribution in [3.05, 3.63) is 58.9 Å². The number of nitrogens with two attached hydrogens (primary N) is 1. The molecular weight excluding hydrogens is 316 g/mol. The van der Waals surface area contributed by atoms with E-state index in [2.05, 4.69) is 4.98 Å². The summed E-state index contributed by atoms with van der Waals surface area (Å²) in [6, 6.07) is 9.17. The lowest BCUT2D eigenvalue weighted by Gasteiger charge is -2.16. The van der Waals surface area contributed by atoms with Crippen molar-refractivity contribution in [3.8, 4) is 5.75 Å². The molecule has 0 aliphatic heterocycles. The van der Waals surface area contributed by atoms with Gasteiger partial charge >= 0.3 is 5.97 Å². The van der Waals surface area contributed by atoms with E-state index in [0.29, 0.717) is 23.9 Å². The molecule has 1 aromatic carbocycles. The SMILES string of the molecule is COC(=O)C[C@@H](CN)c1ccc(Cl)c(OCc2ccncc2)c1. The highest BCUT2D eigenvalue weighted by atomic mass is 35.5. The number of ether oxygens (including phenoxy) is 2. The molecule has 122 valence electrons. The zero-order valence-electron chi connectivity index (χ0n) is 12.9. The summed E-state index contributed by atoms with van der Waals surface area (Å²) in [7, 11) is 1.36. The fourth-order valence-corrected chi connectivity index (χ4v) is 2.32. The molecule has 0 aliphatic carbocycles. The molecule has 1 heterocycles. The zero-order chi connectivity index (χ0) is 16.7. The third kappa shape index (κ3) is 4.94. The van der Waals surface area contributed by atoms with Crippen LogP contribution in [0, 0.1) is 0 Å². The summed E-state index contributed by atoms with van der Waals surface area (Å²) in [6.07, 6.45) is 3.63. The minimum Gasteiger partial charge on any atom is -0.487 e. The first-order valence-electron chi connectivity index (χ1n) is 7.22. The Morgan fingerprint density at radius 2 is 2.04 bits per heavy atom. The molecule has 1 atom stereocenters. The van der Waals surface area contributed by atoms with Gasteiger partial charge in [-0.3, -0.25) is 9.78 Å². The monoisotopic (exact) mass is 334 g/mol. The Kier molecular flexibility index (Phi) is 6.38. The molecule has 6 heteroatoms. The Balaban J connectivity index is 2.12. The lowest BCUT2D eigenvalue weighted by molar-refractivity contribution is -0.141. The molecule has 1 aromatic heterocycles. The summed E-state index contributed by atoms with van der Waals surface area (Å²) in [4.78, 5) is 15.4. The van der Waals surface area contributed by atoms with Crippen LogP contribution in [0.15, 0.2) is 42.7 Å². The number of benzene rings is 1. The Labute approximate surface area is 140 Å². The summed E-state index contributed by atoms with van der Waals surface area (Å²) in [5.41, 5.74) is 7.66. The summed E-state index contributed by atoms with van der Waals surface area (Å²) < 4.78 is 10.5. The van der Waals surface area contributed by atoms with Crippen LogP contribution < -0.4 is 10.5 Å². The second-order valence-corrected chi connectivity index (χ2v) is 5.45. The standard InChI is InChI=1S/C17H19ClN2O3/c1-22-17(21)9-14(10-19)13-2-3-15(18)16(8-13)23-11-12-4-6-20-7-5-12/h2-8,14H,9-11,19H2,1H3/t14-/m0/s1. The Morgan fingerprint density at radius 1 is 1.30 bits per heavy atom. The Morgan fingerprint density at radius 3 is 2.70 bits per heavy atom. The van der Waals surface area contributed by atoms with Gasteiger partial charge in [0.15, 0.2) is 0 Å². The van der Waals surface area contributed by atoms with Crippen LogP contribution in [0.4, 0.5) is 0 Å². The zero-order valence-corrected chi connectivity index (χ0v) is 13.6. The van der Waals surface area contributed by atoms with Gasteiger partial charge in [-0.15, -0.1) is 0 Å². The Bertz CT molecular complexity index is 650. The van der Waals surface area contributed by atoms with Crippen molar-refractivity contribution >= 4 is 17.6 Å². The van der Waals surface area contributed by atoms with Crippen LogP contribution in [-0.4, -0.2) is 24.6 Å². The molecular formula is C17H19ClN2O3. The molecule has 0 unspecified atom stereocenters. The highest BCUT2D eigenvalue weighted by Crippen LogP contribution is 2.30. The minimum absolute atomic E-state index is 0.136. The summed E-state index contributed by atoms with van der Waals surface area (Å²) in [6.45, 7) is 0.719. The molecule has 0 amide bonds. The van der Waals surface area contributed by atoms with Gasteiger partial charge in [0.25, 0.3) is 0 Å². The first kappa shape index (κ1) is 17.2. The number of methoxy groups -OCH3 is 1. The van der Waals surface area contributed by atoms with E-state index in [-0.39, 0.29) is 18.3 Å². The van der Waals surface area contributed by atoms with E-state index in [0.717, 1.165) is 11.1 Å². The van der Waals surface area contributed by atoms with Crippen molar-refractivity contribution in [2.24, 2.45) is 5.73 Å². The van der Waals surface area contributed by atoms with Crippen LogP contribution in [0.1, 0.15) is 23.5 Å². The summed E-state index contributed by atoms with van der Waals surface area (Å²) >= 11 is 6.18. The number of carbonyl (C=O) groups excluding carboxylic acids is 1. The number of carbonyl (C=O) groups is 1. The smallest absolute Gasteiger partial charge is 0.306 e. The van der Waals surface area contributed by atoms with Gasteiger partial charge in [0, 0.05) is 18.3 Å². The molecule has 0 radical (unpaired) electrons. The first-order valence-corrected chi connectivity index (χ1v) is 7.60. The normalized spacial score (nSPS) is 11.8. The van der Waals surface area contributed by atoms with Gasteiger partial charge < -0.3 is 15.2 Å². The Hall–Kier alpha value is -2.11. The lowest BCUT2D eigenvalue weighted by atomic mass is 9.95. The van der Waals surface area contributed by atoms with Crippen LogP contribution in [0.2, 0.25) is 5.02 Å². The van der Waals surface area contributed by atoms with E-state index >= 15 is 0 Å². The molecule has 2 rings (SSSR count). The van der Waals surface area contributed by atoms with Crippen molar-refractivity contribution in [1.29, 1.82) is 0 Å². The molecule has 23 heavy (non-hydrogen) atoms. The topological polar surface area (TPSA) is 74.4 Å². The predicted octanol–water partition coefficient (Wildman–Crippen LogP) is 2.92. The average Bonchev–Trinajstić information content (AvgIpc) is 2.59. The van der Waals surface area contributed by atoms with Gasteiger partial charge in [-0.25, -0.2) is 0 Å². The van der Waals surface area contributed by atoms with Crippen molar-refractivity contribution in [2.75, 3.05) is 13.7 Å². The number of halogens is 1. The first-order chi connectivity index (χ1) is 11.1. The highest BCUT2D eigenvalue weighted by molar-refractivity contribution is 6.32. The van der Waals surface area contributed by atoms with E-state index in [9.17, 15) is 4.79 Å². The summed E-state index contributed by atoms with van der Waals surface area (Å²) in [5, 5.41) is 0.511. The number of rotatable bonds is 7. The molecule has 0 saturated heterocycles. The number of aromatic nitrogens is 1. The summed E-state index contributed by atoms with van der Waals surface area (Å²) in [5.74, 6) is 0.127. The number of esters is 1. The number of hydrogen-bond donors (Lipinski definition) is 1. The minimum atomic E-state index is -0.297. The predicted molar refractivity (Wildman–Crippen MR) is 88.4 cm³/mol. The van der Waals surface area contributed by atoms with Crippen LogP contribution in [0.25, 0.3) is 0 Å². The third-order valence-corrected chi connectivity index (χ3v) is 3.81. The molecule has 0 spiro atoms. The maximum Gasteiger partial charge on any atom is 0.306 e. The maximum absolute atomic E-state index is 11.5. The van der Waals surface area contributed by atoms with Gasteiger partial charge in [-0.05, 0) is 41.9 Å². The second-order valence-electron chi connectivity index (χ2n) is 5.05. The van der Waals surface area contributed by atoms with Crippen molar-refractivity contribution in [2.45, 2.75) is 18.9 Å². The van der Waals surface area contributed by atoms with Gasteiger partial charge in [0.2, 0.25) is 0 Å². The molecule has 2 aromatic rings. The van der Waals surface area contributed by atoms with E-state index in [1.165, 1.54) is 7.11 Å². The van der Waals surface area contributed by atoms with Crippen molar-refractivity contribution in [3.63, 3.8) is 0 Å². The largest absolute Gasteiger partial charge is 0.487 e. The molecule has 5 nitrogen and oxygen atoms in total. The number of nitrogens with zero attached hydrogens (tertiary/aromatic N) is 1. The van der Waals surface area contributed by atoms with Gasteiger partial charge in [0.05, 0.1) is 18.6 Å². The second kappa shape index (κ2) is 8.50.